The minimum Gasteiger partial charge on any atom is -0.298 e. The average molecular weight is 193 g/mol. The summed E-state index contributed by atoms with van der Waals surface area (Å²) >= 11 is 0. The fourth-order valence-electron chi connectivity index (χ4n) is 1.96. The first-order chi connectivity index (χ1) is 6.40. The predicted octanol–water partition coefficient (Wildman–Crippen LogP) is 3.08. The van der Waals surface area contributed by atoms with Crippen LogP contribution in [0.2, 0.25) is 0 Å². The van der Waals surface area contributed by atoms with E-state index in [0.29, 0.717) is 6.42 Å². The topological polar surface area (TPSA) is 40.9 Å². The Kier molecular flexibility index (Phi) is 2.99. The maximum absolute atomic E-state index is 11.6. The highest BCUT2D eigenvalue weighted by molar-refractivity contribution is 5.89. The smallest absolute Gasteiger partial charge is 0.153 e. The van der Waals surface area contributed by atoms with Crippen LogP contribution >= 0.6 is 0 Å². The second-order valence-corrected chi connectivity index (χ2v) is 5.53. The maximum atomic E-state index is 11.6. The van der Waals surface area contributed by atoms with E-state index in [1.807, 2.05) is 0 Å². The van der Waals surface area contributed by atoms with Gasteiger partial charge in [0.1, 0.15) is 5.41 Å². The van der Waals surface area contributed by atoms with Crippen molar-refractivity contribution in [3.63, 3.8) is 0 Å². The number of carbonyl (C=O) groups excluding carboxylic acids is 1. The molecule has 0 radical (unpaired) electrons. The lowest BCUT2D eigenvalue weighted by Gasteiger charge is -2.24. The van der Waals surface area contributed by atoms with Gasteiger partial charge in [0.15, 0.2) is 5.78 Å². The molecule has 1 aliphatic carbocycles. The van der Waals surface area contributed by atoms with E-state index in [1.165, 1.54) is 0 Å². The van der Waals surface area contributed by atoms with Crippen molar-refractivity contribution in [3.05, 3.63) is 0 Å². The van der Waals surface area contributed by atoms with E-state index < -0.39 is 5.41 Å². The van der Waals surface area contributed by atoms with Gasteiger partial charge in [0, 0.05) is 6.42 Å². The number of hydrogen-bond acceptors (Lipinski definition) is 2. The Morgan fingerprint density at radius 1 is 1.50 bits per heavy atom. The molecule has 0 aromatic heterocycles. The van der Waals surface area contributed by atoms with Crippen molar-refractivity contribution >= 4 is 5.78 Å². The van der Waals surface area contributed by atoms with Crippen LogP contribution in [0.4, 0.5) is 0 Å². The molecule has 1 aliphatic rings. The monoisotopic (exact) mass is 193 g/mol. The molecule has 2 heteroatoms. The summed E-state index contributed by atoms with van der Waals surface area (Å²) in [5.41, 5.74) is -0.417. The van der Waals surface area contributed by atoms with Gasteiger partial charge >= 0.3 is 0 Å². The van der Waals surface area contributed by atoms with Gasteiger partial charge in [-0.05, 0) is 31.1 Å². The van der Waals surface area contributed by atoms with Crippen LogP contribution in [0.15, 0.2) is 0 Å². The van der Waals surface area contributed by atoms with Crippen LogP contribution in [-0.2, 0) is 4.79 Å². The molecule has 0 bridgehead atoms. The number of rotatable bonds is 2. The lowest BCUT2D eigenvalue weighted by molar-refractivity contribution is -0.123. The Labute approximate surface area is 86.3 Å². The lowest BCUT2D eigenvalue weighted by Crippen LogP contribution is -2.25. The zero-order chi connectivity index (χ0) is 10.8. The van der Waals surface area contributed by atoms with Crippen molar-refractivity contribution in [1.82, 2.24) is 0 Å². The Hall–Kier alpha value is -0.840. The van der Waals surface area contributed by atoms with E-state index in [4.69, 9.17) is 5.26 Å². The molecule has 1 fully saturated rings. The zero-order valence-electron chi connectivity index (χ0n) is 9.39. The quantitative estimate of drug-likeness (QED) is 0.676. The highest BCUT2D eigenvalue weighted by Crippen LogP contribution is 2.40. The van der Waals surface area contributed by atoms with Gasteiger partial charge in [-0.25, -0.2) is 0 Å². The van der Waals surface area contributed by atoms with Gasteiger partial charge < -0.3 is 0 Å². The molecule has 0 amide bonds. The van der Waals surface area contributed by atoms with Crippen LogP contribution in [0.1, 0.15) is 52.9 Å². The summed E-state index contributed by atoms with van der Waals surface area (Å²) in [6.07, 6.45) is 3.98. The van der Waals surface area contributed by atoms with E-state index in [-0.39, 0.29) is 11.2 Å². The summed E-state index contributed by atoms with van der Waals surface area (Å²) in [7, 11) is 0. The van der Waals surface area contributed by atoms with Crippen LogP contribution < -0.4 is 0 Å². The molecular weight excluding hydrogens is 174 g/mol. The minimum absolute atomic E-state index is 0.171. The van der Waals surface area contributed by atoms with E-state index in [1.54, 1.807) is 0 Å². The normalized spacial score (nSPS) is 27.7. The SMILES string of the molecule is CC(C)(C)CCC1(C#N)CCCC1=O. The number of ketones is 1. The van der Waals surface area contributed by atoms with Gasteiger partial charge in [0.25, 0.3) is 0 Å². The summed E-state index contributed by atoms with van der Waals surface area (Å²) in [5, 5.41) is 9.11. The number of nitrogens with zero attached hydrogens (tertiary/aromatic N) is 1. The third kappa shape index (κ3) is 2.35. The van der Waals surface area contributed by atoms with E-state index in [9.17, 15) is 4.79 Å². The third-order valence-electron chi connectivity index (χ3n) is 3.06. The molecule has 0 heterocycles. The van der Waals surface area contributed by atoms with Crippen molar-refractivity contribution in [2.45, 2.75) is 52.9 Å². The van der Waals surface area contributed by atoms with Crippen LogP contribution in [0.5, 0.6) is 0 Å². The zero-order valence-corrected chi connectivity index (χ0v) is 9.39. The molecule has 0 spiro atoms. The summed E-state index contributed by atoms with van der Waals surface area (Å²) in [4.78, 5) is 11.6. The van der Waals surface area contributed by atoms with E-state index in [2.05, 4.69) is 26.8 Å². The average Bonchev–Trinajstić information content (AvgIpc) is 2.43. The van der Waals surface area contributed by atoms with Gasteiger partial charge in [-0.3, -0.25) is 4.79 Å². The van der Waals surface area contributed by atoms with Crippen molar-refractivity contribution < 1.29 is 4.79 Å². The molecule has 0 saturated heterocycles. The highest BCUT2D eigenvalue weighted by atomic mass is 16.1. The molecule has 1 saturated carbocycles. The third-order valence-corrected chi connectivity index (χ3v) is 3.06. The van der Waals surface area contributed by atoms with Crippen LogP contribution in [-0.4, -0.2) is 5.78 Å². The van der Waals surface area contributed by atoms with E-state index in [0.717, 1.165) is 25.7 Å². The Bertz CT molecular complexity index is 269. The molecule has 0 N–H and O–H groups in total. The molecule has 0 aliphatic heterocycles. The predicted molar refractivity (Wildman–Crippen MR) is 55.6 cm³/mol. The molecule has 2 nitrogen and oxygen atoms in total. The largest absolute Gasteiger partial charge is 0.298 e. The number of Topliss-reactive ketones (excluding diaryl/α,β-unsaturated/α-hetero) is 1. The van der Waals surface area contributed by atoms with Gasteiger partial charge in [-0.2, -0.15) is 5.26 Å². The highest BCUT2D eigenvalue weighted by Gasteiger charge is 2.42. The first-order valence-electron chi connectivity index (χ1n) is 5.34. The first-order valence-corrected chi connectivity index (χ1v) is 5.34. The van der Waals surface area contributed by atoms with Crippen LogP contribution in [0, 0.1) is 22.2 Å². The van der Waals surface area contributed by atoms with Crippen LogP contribution in [0.25, 0.3) is 0 Å². The molecule has 0 aromatic rings. The number of hydrogen-bond donors (Lipinski definition) is 0. The Morgan fingerprint density at radius 3 is 2.50 bits per heavy atom. The molecule has 0 aromatic carbocycles. The van der Waals surface area contributed by atoms with Crippen LogP contribution in [0.3, 0.4) is 0 Å². The first kappa shape index (κ1) is 11.2. The van der Waals surface area contributed by atoms with Gasteiger partial charge in [-0.1, -0.05) is 20.8 Å². The molecular formula is C12H19NO. The molecule has 1 atom stereocenters. The second-order valence-electron chi connectivity index (χ2n) is 5.53. The lowest BCUT2D eigenvalue weighted by atomic mass is 9.77. The van der Waals surface area contributed by atoms with Gasteiger partial charge in [0.05, 0.1) is 6.07 Å². The Morgan fingerprint density at radius 2 is 2.14 bits per heavy atom. The minimum atomic E-state index is -0.632. The van der Waals surface area contributed by atoms with E-state index >= 15 is 0 Å². The van der Waals surface area contributed by atoms with Crippen molar-refractivity contribution in [2.75, 3.05) is 0 Å². The molecule has 78 valence electrons. The summed E-state index contributed by atoms with van der Waals surface area (Å²) in [6.45, 7) is 6.45. The number of nitriles is 1. The molecule has 14 heavy (non-hydrogen) atoms. The van der Waals surface area contributed by atoms with Crippen molar-refractivity contribution in [3.8, 4) is 6.07 Å². The summed E-state index contributed by atoms with van der Waals surface area (Å²) < 4.78 is 0. The Balaban J connectivity index is 2.65. The fraction of sp³-hybridized carbons (Fsp3) is 0.833. The summed E-state index contributed by atoms with van der Waals surface area (Å²) in [5.74, 6) is 0.171. The number of carbonyl (C=O) groups is 1. The van der Waals surface area contributed by atoms with Gasteiger partial charge in [-0.15, -0.1) is 0 Å². The fourth-order valence-corrected chi connectivity index (χ4v) is 1.96. The standard InChI is InChI=1S/C12H19NO/c1-11(2,3)7-8-12(9-13)6-4-5-10(12)14/h4-8H2,1-3H3. The van der Waals surface area contributed by atoms with Crippen molar-refractivity contribution in [2.24, 2.45) is 10.8 Å². The molecule has 1 unspecified atom stereocenters. The van der Waals surface area contributed by atoms with Crippen molar-refractivity contribution in [1.29, 1.82) is 5.26 Å². The summed E-state index contributed by atoms with van der Waals surface area (Å²) in [6, 6.07) is 2.25. The van der Waals surface area contributed by atoms with Gasteiger partial charge in [0.2, 0.25) is 0 Å². The second kappa shape index (κ2) is 3.73. The molecule has 1 rings (SSSR count). The maximum Gasteiger partial charge on any atom is 0.153 e.